The van der Waals surface area contributed by atoms with Gasteiger partial charge in [-0.2, -0.15) is 0 Å². The fourth-order valence-corrected chi connectivity index (χ4v) is 0. The molecule has 7 nitrogen and oxygen atoms in total. The SMILES string of the molecule is N.O=[N+]([O-])O.[N].[N]. The average Bonchev–Trinajstić information content (AvgIpc) is 0.811. The summed E-state index contributed by atoms with van der Waals surface area (Å²) in [6.45, 7) is 0. The molecular formula is H4N4O3. The summed E-state index contributed by atoms with van der Waals surface area (Å²) >= 11 is 0. The third-order valence-electron chi connectivity index (χ3n) is 0. The van der Waals surface area contributed by atoms with Crippen molar-refractivity contribution in [2.75, 3.05) is 0 Å². The Morgan fingerprint density at radius 1 is 1.43 bits per heavy atom. The largest absolute Gasteiger partial charge is 0.344 e. The number of hydrogen-bond acceptors (Lipinski definition) is 3. The highest BCUT2D eigenvalue weighted by atomic mass is 16.9. The zero-order chi connectivity index (χ0) is 3.58. The maximum atomic E-state index is 8.36. The van der Waals surface area contributed by atoms with E-state index < -0.39 is 5.09 Å². The fraction of sp³-hybridized carbons (Fsp3) is 0. The van der Waals surface area contributed by atoms with Crippen LogP contribution in [-0.4, -0.2) is 10.3 Å². The van der Waals surface area contributed by atoms with E-state index in [1.807, 2.05) is 0 Å². The van der Waals surface area contributed by atoms with Crippen LogP contribution < -0.4 is 18.5 Å². The molecule has 0 fully saturated rings. The minimum absolute atomic E-state index is 0. The smallest absolute Gasteiger partial charge is 0.291 e. The van der Waals surface area contributed by atoms with Crippen molar-refractivity contribution in [1.29, 1.82) is 0 Å². The van der Waals surface area contributed by atoms with Crippen molar-refractivity contribution in [3.05, 3.63) is 10.1 Å². The van der Waals surface area contributed by atoms with Crippen LogP contribution in [-0.2, 0) is 0 Å². The van der Waals surface area contributed by atoms with Gasteiger partial charge in [-0.1, -0.05) is 0 Å². The van der Waals surface area contributed by atoms with Gasteiger partial charge < -0.3 is 11.4 Å². The normalized spacial score (nSPS) is 3.43. The molecule has 0 saturated heterocycles. The highest BCUT2D eigenvalue weighted by Gasteiger charge is 1.65. The van der Waals surface area contributed by atoms with Crippen LogP contribution >= 0.6 is 0 Å². The third kappa shape index (κ3) is 56.9. The van der Waals surface area contributed by atoms with E-state index in [2.05, 4.69) is 0 Å². The molecule has 7 heteroatoms. The van der Waals surface area contributed by atoms with Gasteiger partial charge in [0.05, 0.1) is 0 Å². The molecule has 7 heavy (non-hydrogen) atoms. The van der Waals surface area contributed by atoms with Crippen LogP contribution in [0.3, 0.4) is 0 Å². The van der Waals surface area contributed by atoms with E-state index in [9.17, 15) is 0 Å². The molecule has 0 atom stereocenters. The van der Waals surface area contributed by atoms with Crippen LogP contribution in [0.15, 0.2) is 0 Å². The highest BCUT2D eigenvalue weighted by Crippen LogP contribution is 1.38. The van der Waals surface area contributed by atoms with Crippen molar-refractivity contribution in [2.24, 2.45) is 0 Å². The number of hydrogen-bond donors (Lipinski definition) is 2. The summed E-state index contributed by atoms with van der Waals surface area (Å²) in [5.74, 6) is 0. The van der Waals surface area contributed by atoms with E-state index in [1.54, 1.807) is 0 Å². The second kappa shape index (κ2) is 19.5. The summed E-state index contributed by atoms with van der Waals surface area (Å²) in [6.07, 6.45) is 0. The summed E-state index contributed by atoms with van der Waals surface area (Å²) in [7, 11) is 0. The second-order valence-electron chi connectivity index (χ2n) is 0.238. The van der Waals surface area contributed by atoms with Crippen molar-refractivity contribution >= 4 is 0 Å². The van der Waals surface area contributed by atoms with Crippen molar-refractivity contribution in [3.8, 4) is 0 Å². The Labute approximate surface area is 40.2 Å². The lowest BCUT2D eigenvalue weighted by Crippen LogP contribution is -1.81. The van der Waals surface area contributed by atoms with Crippen molar-refractivity contribution < 1.29 is 10.3 Å². The van der Waals surface area contributed by atoms with Crippen LogP contribution in [0, 0.1) is 10.1 Å². The summed E-state index contributed by atoms with van der Waals surface area (Å²) in [4.78, 5) is 8.36. The first-order chi connectivity index (χ1) is 1.73. The van der Waals surface area contributed by atoms with Gasteiger partial charge in [0, 0.05) is 12.3 Å². The molecule has 0 aromatic rings. The number of nitrogens with zero attached hydrogens (tertiary/aromatic N) is 3. The molecule has 0 aliphatic carbocycles. The Bertz CT molecular complexity index is 29.9. The number of rotatable bonds is 0. The zero-order valence-electron chi connectivity index (χ0n) is 3.31. The van der Waals surface area contributed by atoms with E-state index in [4.69, 9.17) is 15.3 Å². The van der Waals surface area contributed by atoms with Gasteiger partial charge in [0.25, 0.3) is 5.09 Å². The first kappa shape index (κ1) is 36.3. The van der Waals surface area contributed by atoms with Crippen LogP contribution in [0.1, 0.15) is 0 Å². The Morgan fingerprint density at radius 3 is 1.43 bits per heavy atom. The molecule has 0 amide bonds. The maximum Gasteiger partial charge on any atom is 0.291 e. The van der Waals surface area contributed by atoms with Gasteiger partial charge in [0.2, 0.25) is 0 Å². The van der Waals surface area contributed by atoms with Gasteiger partial charge in [-0.25, -0.2) is 0 Å². The first-order valence-corrected chi connectivity index (χ1v) is 0.565. The molecule has 42 valence electrons. The zero-order valence-corrected chi connectivity index (χ0v) is 3.31. The summed E-state index contributed by atoms with van der Waals surface area (Å²) in [5, 5.41) is 13.6. The molecule has 0 spiro atoms. The minimum atomic E-state index is -1.50. The highest BCUT2D eigenvalue weighted by molar-refractivity contribution is 3.83. The lowest BCUT2D eigenvalue weighted by Gasteiger charge is -1.56. The van der Waals surface area contributed by atoms with Crippen molar-refractivity contribution in [2.45, 2.75) is 0 Å². The van der Waals surface area contributed by atoms with Crippen LogP contribution in [0.5, 0.6) is 0 Å². The molecule has 0 aliphatic rings. The van der Waals surface area contributed by atoms with E-state index in [0.29, 0.717) is 0 Å². The topological polar surface area (TPSA) is 159 Å². The Balaban J connectivity index is -0.0000000150. The van der Waals surface area contributed by atoms with E-state index >= 15 is 0 Å². The van der Waals surface area contributed by atoms with Gasteiger partial charge in [-0.3, -0.25) is 0 Å². The van der Waals surface area contributed by atoms with Crippen LogP contribution in [0.2, 0.25) is 0 Å². The Hall–Kier alpha value is -0.920. The van der Waals surface area contributed by atoms with Crippen LogP contribution in [0.4, 0.5) is 0 Å². The molecule has 0 aromatic heterocycles. The molecule has 0 saturated carbocycles. The third-order valence-corrected chi connectivity index (χ3v) is 0. The summed E-state index contributed by atoms with van der Waals surface area (Å²) in [5.41, 5.74) is 0. The standard InChI is InChI=1S/HNO3.H3N.2N/c2-1(3)4;;;/h(H,2,3,4);1H3;;. The molecular weight excluding hydrogens is 104 g/mol. The van der Waals surface area contributed by atoms with E-state index in [0.717, 1.165) is 0 Å². The molecule has 6 radical (unpaired) electrons. The van der Waals surface area contributed by atoms with Crippen LogP contribution in [0.25, 0.3) is 0 Å². The van der Waals surface area contributed by atoms with Gasteiger partial charge in [0.1, 0.15) is 0 Å². The van der Waals surface area contributed by atoms with E-state index in [1.165, 1.54) is 0 Å². The van der Waals surface area contributed by atoms with Gasteiger partial charge >= 0.3 is 0 Å². The van der Waals surface area contributed by atoms with E-state index in [-0.39, 0.29) is 18.5 Å². The molecule has 0 unspecified atom stereocenters. The summed E-state index contributed by atoms with van der Waals surface area (Å²) < 4.78 is 0. The van der Waals surface area contributed by atoms with Gasteiger partial charge in [0.15, 0.2) is 0 Å². The lowest BCUT2D eigenvalue weighted by molar-refractivity contribution is -0.742. The fourth-order valence-electron chi connectivity index (χ4n) is 0. The molecule has 0 bridgehead atoms. The maximum absolute atomic E-state index is 8.36. The van der Waals surface area contributed by atoms with Crippen molar-refractivity contribution in [1.82, 2.24) is 18.5 Å². The Morgan fingerprint density at radius 2 is 1.43 bits per heavy atom. The Kier molecular flexibility index (Phi) is 101. The first-order valence-electron chi connectivity index (χ1n) is 0.565. The quantitative estimate of drug-likeness (QED) is 0.296. The average molecular weight is 108 g/mol. The molecule has 4 N–H and O–H groups in total. The second-order valence-corrected chi connectivity index (χ2v) is 0.238. The molecule has 0 aromatic carbocycles. The van der Waals surface area contributed by atoms with Gasteiger partial charge in [-0.15, -0.1) is 10.1 Å². The lowest BCUT2D eigenvalue weighted by atomic mass is 13.1. The molecule has 0 aliphatic heterocycles. The van der Waals surface area contributed by atoms with Gasteiger partial charge in [-0.05, 0) is 0 Å². The monoisotopic (exact) mass is 108 g/mol. The summed E-state index contributed by atoms with van der Waals surface area (Å²) in [6, 6.07) is 0. The minimum Gasteiger partial charge on any atom is -0.344 e. The molecule has 0 rings (SSSR count). The van der Waals surface area contributed by atoms with Crippen molar-refractivity contribution in [3.63, 3.8) is 0 Å². The molecule has 0 heterocycles. The predicted molar refractivity (Wildman–Crippen MR) is 18.1 cm³/mol. The predicted octanol–water partition coefficient (Wildman–Crippen LogP) is -1.15.